The second kappa shape index (κ2) is 7.62. The fraction of sp³-hybridized carbons (Fsp3) is 0.150. The summed E-state index contributed by atoms with van der Waals surface area (Å²) in [5.41, 5.74) is 0.343. The van der Waals surface area contributed by atoms with Crippen molar-refractivity contribution in [2.75, 3.05) is 0 Å². The average molecular weight is 435 g/mol. The van der Waals surface area contributed by atoms with Gasteiger partial charge in [0.25, 0.3) is 0 Å². The molecule has 0 aliphatic rings. The maximum absolute atomic E-state index is 13.6. The van der Waals surface area contributed by atoms with Gasteiger partial charge in [-0.25, -0.2) is 18.1 Å². The lowest BCUT2D eigenvalue weighted by Gasteiger charge is -2.10. The van der Waals surface area contributed by atoms with E-state index in [9.17, 15) is 21.6 Å². The molecule has 10 heteroatoms. The molecular formula is C20H16F3N3O3S. The molecule has 0 atom stereocenters. The van der Waals surface area contributed by atoms with E-state index in [2.05, 4.69) is 9.71 Å². The minimum absolute atomic E-state index is 0.168. The summed E-state index contributed by atoms with van der Waals surface area (Å²) in [5, 5.41) is 0. The molecule has 3 aromatic heterocycles. The molecule has 0 aliphatic heterocycles. The van der Waals surface area contributed by atoms with Crippen molar-refractivity contribution in [2.24, 2.45) is 0 Å². The molecule has 0 fully saturated rings. The molecule has 0 amide bonds. The Labute approximate surface area is 170 Å². The van der Waals surface area contributed by atoms with Crippen LogP contribution in [0.15, 0.2) is 71.8 Å². The van der Waals surface area contributed by atoms with Crippen molar-refractivity contribution >= 4 is 15.7 Å². The van der Waals surface area contributed by atoms with Gasteiger partial charge in [-0.3, -0.25) is 0 Å². The van der Waals surface area contributed by atoms with E-state index < -0.39 is 21.8 Å². The highest BCUT2D eigenvalue weighted by atomic mass is 32.2. The number of sulfonamides is 1. The predicted molar refractivity (Wildman–Crippen MR) is 104 cm³/mol. The van der Waals surface area contributed by atoms with Crippen LogP contribution >= 0.6 is 0 Å². The third-order valence-corrected chi connectivity index (χ3v) is 5.73. The van der Waals surface area contributed by atoms with Gasteiger partial charge in [-0.1, -0.05) is 30.3 Å². The van der Waals surface area contributed by atoms with E-state index in [1.807, 2.05) is 0 Å². The number of benzene rings is 1. The number of alkyl halides is 3. The summed E-state index contributed by atoms with van der Waals surface area (Å²) in [7, 11) is -3.69. The first-order valence-electron chi connectivity index (χ1n) is 8.84. The molecule has 0 radical (unpaired) electrons. The Morgan fingerprint density at radius 1 is 1.07 bits per heavy atom. The third-order valence-electron chi connectivity index (χ3n) is 4.43. The number of halogens is 3. The Morgan fingerprint density at radius 3 is 2.50 bits per heavy atom. The minimum atomic E-state index is -4.63. The van der Waals surface area contributed by atoms with Crippen molar-refractivity contribution in [1.82, 2.24) is 14.1 Å². The van der Waals surface area contributed by atoms with E-state index in [-0.39, 0.29) is 23.6 Å². The third kappa shape index (κ3) is 4.39. The number of nitrogens with zero attached hydrogens (tertiary/aromatic N) is 2. The fourth-order valence-corrected chi connectivity index (χ4v) is 4.16. The lowest BCUT2D eigenvalue weighted by Crippen LogP contribution is -2.24. The Hall–Kier alpha value is -3.11. The predicted octanol–water partition coefficient (Wildman–Crippen LogP) is 4.23. The van der Waals surface area contributed by atoms with Crippen LogP contribution in [0.1, 0.15) is 16.8 Å². The molecule has 0 bridgehead atoms. The number of hydrogen-bond donors (Lipinski definition) is 1. The second-order valence-electron chi connectivity index (χ2n) is 6.68. The highest BCUT2D eigenvalue weighted by Gasteiger charge is 2.35. The molecule has 156 valence electrons. The molecule has 0 spiro atoms. The van der Waals surface area contributed by atoms with Gasteiger partial charge in [0.15, 0.2) is 0 Å². The van der Waals surface area contributed by atoms with Crippen LogP contribution in [0.2, 0.25) is 0 Å². The molecule has 0 saturated heterocycles. The number of pyridine rings is 1. The second-order valence-corrected chi connectivity index (χ2v) is 8.49. The molecule has 4 rings (SSSR count). The van der Waals surface area contributed by atoms with Crippen LogP contribution < -0.4 is 4.72 Å². The number of aromatic nitrogens is 2. The summed E-state index contributed by atoms with van der Waals surface area (Å²) in [4.78, 5) is 4.00. The number of fused-ring (bicyclic) bond motifs is 1. The van der Waals surface area contributed by atoms with E-state index in [4.69, 9.17) is 4.42 Å². The molecule has 0 saturated carbocycles. The van der Waals surface area contributed by atoms with E-state index in [1.54, 1.807) is 36.4 Å². The van der Waals surface area contributed by atoms with Crippen LogP contribution in [0.4, 0.5) is 13.2 Å². The van der Waals surface area contributed by atoms with Crippen LogP contribution in [0.5, 0.6) is 0 Å². The maximum atomic E-state index is 13.6. The summed E-state index contributed by atoms with van der Waals surface area (Å²) >= 11 is 0. The number of furan rings is 1. The first-order chi connectivity index (χ1) is 14.2. The number of imidazole rings is 1. The first kappa shape index (κ1) is 20.2. The SMILES string of the molecule is O=S(=O)(Cc1ccccc1)NCc1cn2cc(-c3ccoc3)cc(C(F)(F)F)c2n1. The number of hydrogen-bond acceptors (Lipinski definition) is 4. The van der Waals surface area contributed by atoms with Gasteiger partial charge < -0.3 is 8.82 Å². The quantitative estimate of drug-likeness (QED) is 0.492. The lowest BCUT2D eigenvalue weighted by molar-refractivity contribution is -0.136. The van der Waals surface area contributed by atoms with Gasteiger partial charge in [0, 0.05) is 23.5 Å². The van der Waals surface area contributed by atoms with E-state index in [0.717, 1.165) is 6.07 Å². The van der Waals surface area contributed by atoms with Gasteiger partial charge in [0.1, 0.15) is 5.65 Å². The first-order valence-corrected chi connectivity index (χ1v) is 10.5. The average Bonchev–Trinajstić information content (AvgIpc) is 3.35. The van der Waals surface area contributed by atoms with Gasteiger partial charge in [-0.15, -0.1) is 0 Å². The summed E-state index contributed by atoms with van der Waals surface area (Å²) in [6.45, 7) is -0.227. The van der Waals surface area contributed by atoms with Crippen LogP contribution in [-0.4, -0.2) is 17.8 Å². The van der Waals surface area contributed by atoms with E-state index in [0.29, 0.717) is 16.7 Å². The standard InChI is InChI=1S/C20H16F3N3O3S/c21-20(22,23)18-8-16(15-6-7-29-12-15)10-26-11-17(25-19(18)26)9-24-30(27,28)13-14-4-2-1-3-5-14/h1-8,10-12,24H,9,13H2. The van der Waals surface area contributed by atoms with Gasteiger partial charge >= 0.3 is 6.18 Å². The van der Waals surface area contributed by atoms with Crippen molar-refractivity contribution in [2.45, 2.75) is 18.5 Å². The van der Waals surface area contributed by atoms with E-state index >= 15 is 0 Å². The van der Waals surface area contributed by atoms with Crippen LogP contribution in [0.25, 0.3) is 16.8 Å². The molecule has 3 heterocycles. The van der Waals surface area contributed by atoms with Gasteiger partial charge in [-0.05, 0) is 17.7 Å². The highest BCUT2D eigenvalue weighted by molar-refractivity contribution is 7.88. The molecular weight excluding hydrogens is 419 g/mol. The normalized spacial score (nSPS) is 12.5. The molecule has 0 aliphatic carbocycles. The summed E-state index contributed by atoms with van der Waals surface area (Å²) in [6, 6.07) is 11.1. The Morgan fingerprint density at radius 2 is 1.83 bits per heavy atom. The Bertz CT molecular complexity index is 1270. The zero-order valence-corrected chi connectivity index (χ0v) is 16.2. The minimum Gasteiger partial charge on any atom is -0.472 e. The summed E-state index contributed by atoms with van der Waals surface area (Å²) in [6.07, 6.45) is 0.949. The van der Waals surface area contributed by atoms with Crippen molar-refractivity contribution in [1.29, 1.82) is 0 Å². The summed E-state index contributed by atoms with van der Waals surface area (Å²) in [5.74, 6) is -0.236. The Balaban J connectivity index is 1.63. The summed E-state index contributed by atoms with van der Waals surface area (Å²) < 4.78 is 73.9. The van der Waals surface area contributed by atoms with Crippen molar-refractivity contribution in [3.8, 4) is 11.1 Å². The van der Waals surface area contributed by atoms with Crippen LogP contribution in [-0.2, 0) is 28.5 Å². The fourth-order valence-electron chi connectivity index (χ4n) is 3.06. The number of nitrogens with one attached hydrogen (secondary N) is 1. The largest absolute Gasteiger partial charge is 0.472 e. The van der Waals surface area contributed by atoms with Gasteiger partial charge in [0.2, 0.25) is 10.0 Å². The Kier molecular flexibility index (Phi) is 5.12. The van der Waals surface area contributed by atoms with E-state index in [1.165, 1.54) is 29.3 Å². The van der Waals surface area contributed by atoms with Crippen LogP contribution in [0.3, 0.4) is 0 Å². The number of rotatable bonds is 6. The van der Waals surface area contributed by atoms with Crippen molar-refractivity contribution < 1.29 is 26.0 Å². The zero-order valence-electron chi connectivity index (χ0n) is 15.4. The van der Waals surface area contributed by atoms with Gasteiger partial charge in [-0.2, -0.15) is 13.2 Å². The zero-order chi connectivity index (χ0) is 21.4. The van der Waals surface area contributed by atoms with Crippen molar-refractivity contribution in [3.63, 3.8) is 0 Å². The monoisotopic (exact) mass is 435 g/mol. The van der Waals surface area contributed by atoms with Gasteiger partial charge in [0.05, 0.1) is 36.1 Å². The molecule has 0 unspecified atom stereocenters. The smallest absolute Gasteiger partial charge is 0.420 e. The highest BCUT2D eigenvalue weighted by Crippen LogP contribution is 2.35. The van der Waals surface area contributed by atoms with Crippen LogP contribution in [0, 0.1) is 0 Å². The molecule has 4 aromatic rings. The molecule has 1 aromatic carbocycles. The molecule has 30 heavy (non-hydrogen) atoms. The molecule has 6 nitrogen and oxygen atoms in total. The van der Waals surface area contributed by atoms with Crippen molar-refractivity contribution in [3.05, 3.63) is 84.2 Å². The lowest BCUT2D eigenvalue weighted by atomic mass is 10.1. The maximum Gasteiger partial charge on any atom is 0.420 e. The molecule has 1 N–H and O–H groups in total. The topological polar surface area (TPSA) is 76.6 Å².